The zero-order valence-electron chi connectivity index (χ0n) is 9.65. The smallest absolute Gasteiger partial charge is 0.150 e. The van der Waals surface area contributed by atoms with Gasteiger partial charge in [-0.2, -0.15) is 12.6 Å². The number of aliphatic hydroxyl groups is 2. The number of rotatable bonds is 4. The fraction of sp³-hybridized carbons (Fsp3) is 0.214. The maximum atomic E-state index is 11.1. The summed E-state index contributed by atoms with van der Waals surface area (Å²) in [6.07, 6.45) is -1.43. The number of hydrogen-bond donors (Lipinski definition) is 3. The molecule has 0 amide bonds. The van der Waals surface area contributed by atoms with Crippen LogP contribution >= 0.6 is 12.6 Å². The summed E-state index contributed by atoms with van der Waals surface area (Å²) in [5, 5.41) is 21.6. The molecule has 0 aromatic heterocycles. The highest BCUT2D eigenvalue weighted by Gasteiger charge is 2.22. The molecule has 0 spiro atoms. The summed E-state index contributed by atoms with van der Waals surface area (Å²) in [5.41, 5.74) is 0.853. The van der Waals surface area contributed by atoms with Gasteiger partial charge in [-0.15, -0.1) is 0 Å². The summed E-state index contributed by atoms with van der Waals surface area (Å²) < 4.78 is 0. The van der Waals surface area contributed by atoms with Crippen molar-refractivity contribution in [2.75, 3.05) is 5.75 Å². The number of carbonyl (C=O) groups is 1. The van der Waals surface area contributed by atoms with Gasteiger partial charge in [-0.3, -0.25) is 4.79 Å². The molecule has 2 unspecified atom stereocenters. The van der Waals surface area contributed by atoms with Crippen LogP contribution in [0, 0.1) is 0 Å². The van der Waals surface area contributed by atoms with E-state index in [0.29, 0.717) is 17.4 Å². The minimum atomic E-state index is -1.12. The second-order valence-electron chi connectivity index (χ2n) is 4.10. The van der Waals surface area contributed by atoms with Crippen LogP contribution in [-0.4, -0.2) is 28.4 Å². The first-order chi connectivity index (χ1) is 8.69. The van der Waals surface area contributed by atoms with Crippen molar-refractivity contribution >= 4 is 29.7 Å². The van der Waals surface area contributed by atoms with E-state index in [1.807, 2.05) is 30.3 Å². The van der Waals surface area contributed by atoms with Crippen molar-refractivity contribution in [1.82, 2.24) is 0 Å². The van der Waals surface area contributed by atoms with E-state index in [0.717, 1.165) is 10.8 Å². The molecular weight excluding hydrogens is 248 g/mol. The number of thiol groups is 1. The molecule has 2 atom stereocenters. The summed E-state index contributed by atoms with van der Waals surface area (Å²) in [7, 11) is 0. The molecule has 0 aliphatic rings. The highest BCUT2D eigenvalue weighted by molar-refractivity contribution is 7.80. The molecule has 0 radical (unpaired) electrons. The van der Waals surface area contributed by atoms with Crippen LogP contribution in [0.25, 0.3) is 10.8 Å². The van der Waals surface area contributed by atoms with Gasteiger partial charge in [0.1, 0.15) is 12.4 Å². The zero-order valence-corrected chi connectivity index (χ0v) is 10.5. The van der Waals surface area contributed by atoms with Gasteiger partial charge in [-0.25, -0.2) is 0 Å². The van der Waals surface area contributed by atoms with Gasteiger partial charge in [0, 0.05) is 16.9 Å². The molecule has 0 saturated heterocycles. The minimum Gasteiger partial charge on any atom is -0.389 e. The number of hydrogen-bond acceptors (Lipinski definition) is 4. The van der Waals surface area contributed by atoms with Crippen LogP contribution in [-0.2, 0) is 0 Å². The molecule has 0 bridgehead atoms. The third kappa shape index (κ3) is 2.27. The molecule has 18 heavy (non-hydrogen) atoms. The lowest BCUT2D eigenvalue weighted by Crippen LogP contribution is -2.21. The Kier molecular flexibility index (Phi) is 4.01. The number of carbonyl (C=O) groups excluding carboxylic acids is 1. The Labute approximate surface area is 110 Å². The summed E-state index contributed by atoms with van der Waals surface area (Å²) in [6.45, 7) is 0. The first-order valence-electron chi connectivity index (χ1n) is 5.63. The first kappa shape index (κ1) is 13.1. The van der Waals surface area contributed by atoms with Gasteiger partial charge in [0.05, 0.1) is 6.10 Å². The first-order valence-corrected chi connectivity index (χ1v) is 6.26. The third-order valence-corrected chi connectivity index (χ3v) is 3.35. The molecule has 4 heteroatoms. The van der Waals surface area contributed by atoms with Crippen molar-refractivity contribution < 1.29 is 15.0 Å². The van der Waals surface area contributed by atoms with E-state index in [4.69, 9.17) is 0 Å². The lowest BCUT2D eigenvalue weighted by Gasteiger charge is -2.19. The van der Waals surface area contributed by atoms with E-state index in [1.165, 1.54) is 0 Å². The van der Waals surface area contributed by atoms with Gasteiger partial charge in [0.15, 0.2) is 0 Å². The summed E-state index contributed by atoms with van der Waals surface area (Å²) in [4.78, 5) is 11.1. The summed E-state index contributed by atoms with van der Waals surface area (Å²) in [6, 6.07) is 10.9. The maximum absolute atomic E-state index is 11.1. The average molecular weight is 262 g/mol. The lowest BCUT2D eigenvalue weighted by molar-refractivity contribution is 0.0343. The van der Waals surface area contributed by atoms with Gasteiger partial charge in [-0.05, 0) is 10.8 Å². The SMILES string of the molecule is O=Cc1ccc2ccccc2c1C(O)C(O)CS. The lowest BCUT2D eigenvalue weighted by atomic mass is 9.93. The van der Waals surface area contributed by atoms with E-state index < -0.39 is 12.2 Å². The van der Waals surface area contributed by atoms with E-state index in [1.54, 1.807) is 6.07 Å². The number of aldehydes is 1. The second-order valence-corrected chi connectivity index (χ2v) is 4.47. The van der Waals surface area contributed by atoms with E-state index in [2.05, 4.69) is 12.6 Å². The Bertz CT molecular complexity index is 568. The topological polar surface area (TPSA) is 57.5 Å². The Balaban J connectivity index is 2.68. The molecule has 2 N–H and O–H groups in total. The third-order valence-electron chi connectivity index (χ3n) is 2.98. The van der Waals surface area contributed by atoms with Crippen molar-refractivity contribution in [2.24, 2.45) is 0 Å². The fourth-order valence-electron chi connectivity index (χ4n) is 2.04. The van der Waals surface area contributed by atoms with Gasteiger partial charge >= 0.3 is 0 Å². The van der Waals surface area contributed by atoms with E-state index in [-0.39, 0.29) is 5.75 Å². The van der Waals surface area contributed by atoms with Crippen LogP contribution in [0.15, 0.2) is 36.4 Å². The zero-order chi connectivity index (χ0) is 13.1. The Hall–Kier alpha value is -1.36. The number of aliphatic hydroxyl groups excluding tert-OH is 2. The van der Waals surface area contributed by atoms with Gasteiger partial charge < -0.3 is 10.2 Å². The number of benzene rings is 2. The molecular formula is C14H14O3S. The van der Waals surface area contributed by atoms with Crippen molar-refractivity contribution in [1.29, 1.82) is 0 Å². The molecule has 0 saturated carbocycles. The van der Waals surface area contributed by atoms with Crippen LogP contribution in [0.5, 0.6) is 0 Å². The molecule has 0 aliphatic heterocycles. The van der Waals surface area contributed by atoms with E-state index >= 15 is 0 Å². The molecule has 0 fully saturated rings. The molecule has 94 valence electrons. The van der Waals surface area contributed by atoms with Crippen molar-refractivity contribution in [3.8, 4) is 0 Å². The Morgan fingerprint density at radius 2 is 1.89 bits per heavy atom. The van der Waals surface area contributed by atoms with E-state index in [9.17, 15) is 15.0 Å². The number of fused-ring (bicyclic) bond motifs is 1. The molecule has 0 heterocycles. The summed E-state index contributed by atoms with van der Waals surface area (Å²) in [5.74, 6) is 0.128. The van der Waals surface area contributed by atoms with Crippen LogP contribution in [0.3, 0.4) is 0 Å². The standard InChI is InChI=1S/C14H14O3S/c15-7-10-6-5-9-3-1-2-4-11(9)13(10)14(17)12(16)8-18/h1-7,12,14,16-18H,8H2. The molecule has 2 aromatic carbocycles. The highest BCUT2D eigenvalue weighted by atomic mass is 32.1. The van der Waals surface area contributed by atoms with Crippen LogP contribution < -0.4 is 0 Å². The average Bonchev–Trinajstić information content (AvgIpc) is 2.44. The highest BCUT2D eigenvalue weighted by Crippen LogP contribution is 2.29. The van der Waals surface area contributed by atoms with Gasteiger partial charge in [0.2, 0.25) is 0 Å². The van der Waals surface area contributed by atoms with Gasteiger partial charge in [0.25, 0.3) is 0 Å². The maximum Gasteiger partial charge on any atom is 0.150 e. The monoisotopic (exact) mass is 262 g/mol. The quantitative estimate of drug-likeness (QED) is 0.583. The molecule has 2 aromatic rings. The molecule has 3 nitrogen and oxygen atoms in total. The largest absolute Gasteiger partial charge is 0.389 e. The normalized spacial score (nSPS) is 14.4. The predicted molar refractivity (Wildman–Crippen MR) is 74.2 cm³/mol. The van der Waals surface area contributed by atoms with Crippen LogP contribution in [0.1, 0.15) is 22.0 Å². The van der Waals surface area contributed by atoms with Crippen molar-refractivity contribution in [2.45, 2.75) is 12.2 Å². The van der Waals surface area contributed by atoms with Crippen molar-refractivity contribution in [3.63, 3.8) is 0 Å². The minimum absolute atomic E-state index is 0.128. The molecule has 2 rings (SSSR count). The van der Waals surface area contributed by atoms with Crippen LogP contribution in [0.4, 0.5) is 0 Å². The Morgan fingerprint density at radius 3 is 2.56 bits per heavy atom. The fourth-order valence-corrected chi connectivity index (χ4v) is 2.24. The van der Waals surface area contributed by atoms with Gasteiger partial charge in [-0.1, -0.05) is 36.4 Å². The second kappa shape index (κ2) is 5.52. The predicted octanol–water partition coefficient (Wildman–Crippen LogP) is 1.98. The van der Waals surface area contributed by atoms with Crippen LogP contribution in [0.2, 0.25) is 0 Å². The molecule has 0 aliphatic carbocycles. The Morgan fingerprint density at radius 1 is 1.17 bits per heavy atom. The summed E-state index contributed by atoms with van der Waals surface area (Å²) >= 11 is 3.96. The van der Waals surface area contributed by atoms with Crippen molar-refractivity contribution in [3.05, 3.63) is 47.5 Å².